The van der Waals surface area contributed by atoms with Gasteiger partial charge < -0.3 is 14.0 Å². The Labute approximate surface area is 115 Å². The molecule has 0 atom stereocenters. The van der Waals surface area contributed by atoms with E-state index in [0.29, 0.717) is 11.7 Å². The van der Waals surface area contributed by atoms with Crippen molar-refractivity contribution in [3.8, 4) is 0 Å². The summed E-state index contributed by atoms with van der Waals surface area (Å²) in [4.78, 5) is 3.78. The molecule has 110 valence electrons. The van der Waals surface area contributed by atoms with Gasteiger partial charge in [-0.25, -0.2) is 13.1 Å². The number of hydrogen-bond acceptors (Lipinski definition) is 7. The summed E-state index contributed by atoms with van der Waals surface area (Å²) in [5.74, 6) is 0.981. The van der Waals surface area contributed by atoms with Gasteiger partial charge in [-0.1, -0.05) is 5.16 Å². The van der Waals surface area contributed by atoms with E-state index in [-0.39, 0.29) is 29.2 Å². The molecule has 0 aromatic carbocycles. The van der Waals surface area contributed by atoms with Gasteiger partial charge in [-0.05, 0) is 13.8 Å². The standard InChI is InChI=1S/C11H15N3O5S/c1-7-9(5-15)11(8(2)18-7)20(16,17)14-4-3-10-12-6-13-19-10/h6,14-15H,3-5H2,1-2H3. The molecule has 0 saturated heterocycles. The first-order chi connectivity index (χ1) is 9.45. The Hall–Kier alpha value is -1.71. The molecule has 0 aliphatic heterocycles. The van der Waals surface area contributed by atoms with Crippen LogP contribution in [0, 0.1) is 13.8 Å². The molecule has 8 nitrogen and oxygen atoms in total. The third-order valence-corrected chi connectivity index (χ3v) is 4.45. The molecule has 0 saturated carbocycles. The van der Waals surface area contributed by atoms with Crippen LogP contribution in [0.15, 0.2) is 20.2 Å². The fraction of sp³-hybridized carbons (Fsp3) is 0.455. The highest BCUT2D eigenvalue weighted by atomic mass is 32.2. The Morgan fingerprint density at radius 1 is 1.35 bits per heavy atom. The van der Waals surface area contributed by atoms with E-state index in [1.165, 1.54) is 6.33 Å². The third kappa shape index (κ3) is 2.89. The quantitative estimate of drug-likeness (QED) is 0.787. The van der Waals surface area contributed by atoms with E-state index in [1.807, 2.05) is 0 Å². The second kappa shape index (κ2) is 5.73. The molecule has 2 aromatic heterocycles. The highest BCUT2D eigenvalue weighted by Crippen LogP contribution is 2.26. The molecule has 2 aromatic rings. The van der Waals surface area contributed by atoms with E-state index in [0.717, 1.165) is 0 Å². The number of nitrogens with one attached hydrogen (secondary N) is 1. The molecule has 0 bridgehead atoms. The molecule has 0 amide bonds. The van der Waals surface area contributed by atoms with Crippen LogP contribution in [-0.4, -0.2) is 30.2 Å². The van der Waals surface area contributed by atoms with E-state index < -0.39 is 16.6 Å². The van der Waals surface area contributed by atoms with Crippen LogP contribution in [-0.2, 0) is 23.1 Å². The van der Waals surface area contributed by atoms with Crippen LogP contribution in [0.5, 0.6) is 0 Å². The molecule has 0 aliphatic carbocycles. The molecule has 20 heavy (non-hydrogen) atoms. The van der Waals surface area contributed by atoms with Crippen LogP contribution >= 0.6 is 0 Å². The Morgan fingerprint density at radius 3 is 2.70 bits per heavy atom. The summed E-state index contributed by atoms with van der Waals surface area (Å²) in [6, 6.07) is 0. The lowest BCUT2D eigenvalue weighted by atomic mass is 10.2. The van der Waals surface area contributed by atoms with E-state index in [4.69, 9.17) is 8.94 Å². The van der Waals surface area contributed by atoms with E-state index in [9.17, 15) is 13.5 Å². The minimum Gasteiger partial charge on any atom is -0.465 e. The first-order valence-corrected chi connectivity index (χ1v) is 7.39. The van der Waals surface area contributed by atoms with E-state index in [1.54, 1.807) is 13.8 Å². The predicted molar refractivity (Wildman–Crippen MR) is 67.3 cm³/mol. The zero-order chi connectivity index (χ0) is 14.8. The normalized spacial score (nSPS) is 11.9. The van der Waals surface area contributed by atoms with Gasteiger partial charge in [0.05, 0.1) is 6.61 Å². The average Bonchev–Trinajstić information content (AvgIpc) is 2.96. The number of aryl methyl sites for hydroxylation is 2. The molecule has 0 fully saturated rings. The van der Waals surface area contributed by atoms with Crippen molar-refractivity contribution in [2.24, 2.45) is 0 Å². The lowest BCUT2D eigenvalue weighted by Crippen LogP contribution is -2.27. The molecule has 0 unspecified atom stereocenters. The van der Waals surface area contributed by atoms with Gasteiger partial charge in [0.15, 0.2) is 6.33 Å². The van der Waals surface area contributed by atoms with Gasteiger partial charge in [0.1, 0.15) is 16.4 Å². The Balaban J connectivity index is 2.14. The Bertz CT molecular complexity index is 675. The largest absolute Gasteiger partial charge is 0.465 e. The van der Waals surface area contributed by atoms with Gasteiger partial charge in [0, 0.05) is 18.5 Å². The van der Waals surface area contributed by atoms with Crippen molar-refractivity contribution in [1.82, 2.24) is 14.9 Å². The van der Waals surface area contributed by atoms with Crippen LogP contribution in [0.2, 0.25) is 0 Å². The van der Waals surface area contributed by atoms with Gasteiger partial charge in [0.2, 0.25) is 15.9 Å². The highest BCUT2D eigenvalue weighted by molar-refractivity contribution is 7.89. The summed E-state index contributed by atoms with van der Waals surface area (Å²) >= 11 is 0. The molecule has 9 heteroatoms. The van der Waals surface area contributed by atoms with E-state index >= 15 is 0 Å². The number of hydrogen-bond donors (Lipinski definition) is 2. The molecule has 2 rings (SSSR count). The summed E-state index contributed by atoms with van der Waals surface area (Å²) in [5.41, 5.74) is 0.271. The molecule has 2 heterocycles. The van der Waals surface area contributed by atoms with Crippen molar-refractivity contribution in [3.63, 3.8) is 0 Å². The molecule has 0 spiro atoms. The average molecular weight is 301 g/mol. The summed E-state index contributed by atoms with van der Waals surface area (Å²) in [6.07, 6.45) is 1.53. The van der Waals surface area contributed by atoms with Gasteiger partial charge in [-0.15, -0.1) is 0 Å². The number of nitrogens with zero attached hydrogens (tertiary/aromatic N) is 2. The van der Waals surface area contributed by atoms with Crippen molar-refractivity contribution in [2.75, 3.05) is 6.54 Å². The number of furan rings is 1. The summed E-state index contributed by atoms with van der Waals surface area (Å²) in [5, 5.41) is 12.7. The van der Waals surface area contributed by atoms with Crippen molar-refractivity contribution in [3.05, 3.63) is 29.3 Å². The van der Waals surface area contributed by atoms with Crippen LogP contribution in [0.25, 0.3) is 0 Å². The Kier molecular flexibility index (Phi) is 4.21. The predicted octanol–water partition coefficient (Wildman–Crippen LogP) is 0.293. The second-order valence-corrected chi connectivity index (χ2v) is 5.87. The lowest BCUT2D eigenvalue weighted by Gasteiger charge is -2.06. The lowest BCUT2D eigenvalue weighted by molar-refractivity contribution is 0.276. The first kappa shape index (κ1) is 14.7. The summed E-state index contributed by atoms with van der Waals surface area (Å²) < 4.78 is 36.9. The van der Waals surface area contributed by atoms with Gasteiger partial charge in [-0.3, -0.25) is 0 Å². The number of aliphatic hydroxyl groups excluding tert-OH is 1. The number of sulfonamides is 1. The smallest absolute Gasteiger partial charge is 0.244 e. The van der Waals surface area contributed by atoms with Gasteiger partial charge in [0.25, 0.3) is 0 Å². The maximum absolute atomic E-state index is 12.2. The van der Waals surface area contributed by atoms with Crippen LogP contribution in [0.1, 0.15) is 23.0 Å². The molecular formula is C11H15N3O5S. The minimum atomic E-state index is -3.76. The fourth-order valence-corrected chi connectivity index (χ4v) is 3.38. The zero-order valence-corrected chi connectivity index (χ0v) is 11.9. The second-order valence-electron chi connectivity index (χ2n) is 4.16. The zero-order valence-electron chi connectivity index (χ0n) is 11.1. The van der Waals surface area contributed by atoms with Crippen LogP contribution < -0.4 is 4.72 Å². The molecular weight excluding hydrogens is 286 g/mol. The number of rotatable bonds is 6. The van der Waals surface area contributed by atoms with Crippen molar-refractivity contribution in [2.45, 2.75) is 31.8 Å². The Morgan fingerprint density at radius 2 is 2.10 bits per heavy atom. The van der Waals surface area contributed by atoms with Crippen LogP contribution in [0.3, 0.4) is 0 Å². The number of aromatic nitrogens is 2. The maximum Gasteiger partial charge on any atom is 0.244 e. The van der Waals surface area contributed by atoms with Crippen molar-refractivity contribution >= 4 is 10.0 Å². The molecule has 0 aliphatic rings. The summed E-state index contributed by atoms with van der Waals surface area (Å²) in [6.45, 7) is 2.86. The monoisotopic (exact) mass is 301 g/mol. The van der Waals surface area contributed by atoms with E-state index in [2.05, 4.69) is 14.9 Å². The minimum absolute atomic E-state index is 0.0111. The van der Waals surface area contributed by atoms with Crippen molar-refractivity contribution in [1.29, 1.82) is 0 Å². The van der Waals surface area contributed by atoms with Gasteiger partial charge >= 0.3 is 0 Å². The topological polar surface area (TPSA) is 118 Å². The number of aliphatic hydroxyl groups is 1. The fourth-order valence-electron chi connectivity index (χ4n) is 1.92. The highest BCUT2D eigenvalue weighted by Gasteiger charge is 2.26. The summed E-state index contributed by atoms with van der Waals surface area (Å²) in [7, 11) is -3.76. The molecule has 0 radical (unpaired) electrons. The first-order valence-electron chi connectivity index (χ1n) is 5.90. The van der Waals surface area contributed by atoms with Crippen molar-refractivity contribution < 1.29 is 22.5 Å². The van der Waals surface area contributed by atoms with Crippen LogP contribution in [0.4, 0.5) is 0 Å². The molecule has 2 N–H and O–H groups in total. The van der Waals surface area contributed by atoms with Gasteiger partial charge in [-0.2, -0.15) is 4.98 Å². The SMILES string of the molecule is Cc1oc(C)c(S(=O)(=O)NCCc2ncno2)c1CO. The third-order valence-electron chi connectivity index (χ3n) is 2.79. The maximum atomic E-state index is 12.2.